The van der Waals surface area contributed by atoms with Crippen LogP contribution in [0.1, 0.15) is 25.3 Å². The molecule has 2 rings (SSSR count). The minimum absolute atomic E-state index is 0.0767. The maximum Gasteiger partial charge on any atom is 0.330 e. The average molecular weight is 380 g/mol. The van der Waals surface area contributed by atoms with Gasteiger partial charge >= 0.3 is 5.97 Å². The first-order valence-corrected chi connectivity index (χ1v) is 7.00. The maximum atomic E-state index is 12.3. The molecule has 1 heterocycles. The van der Waals surface area contributed by atoms with Gasteiger partial charge in [-0.25, -0.2) is 4.79 Å². The molecule has 1 aliphatic heterocycles. The monoisotopic (exact) mass is 379 g/mol. The maximum absolute atomic E-state index is 12.3. The molecule has 2 atom stereocenters. The van der Waals surface area contributed by atoms with Gasteiger partial charge in [0.05, 0.1) is 11.6 Å². The number of rotatable bonds is 2. The molecular weight excluding hydrogens is 368 g/mol. The summed E-state index contributed by atoms with van der Waals surface area (Å²) in [7, 11) is 0. The van der Waals surface area contributed by atoms with Gasteiger partial charge in [-0.05, 0) is 23.8 Å². The van der Waals surface area contributed by atoms with E-state index >= 15 is 0 Å². The second kappa shape index (κ2) is 5.05. The van der Waals surface area contributed by atoms with Crippen LogP contribution in [0.5, 0.6) is 0 Å². The Morgan fingerprint density at radius 3 is 2.78 bits per heavy atom. The fraction of sp³-hybridized carbons (Fsp3) is 0.333. The highest BCUT2D eigenvalue weighted by molar-refractivity contribution is 14.1. The fourth-order valence-corrected chi connectivity index (χ4v) is 2.88. The number of anilines is 1. The Hall–Kier alpha value is -0.820. The van der Waals surface area contributed by atoms with E-state index in [4.69, 9.17) is 16.4 Å². The summed E-state index contributed by atoms with van der Waals surface area (Å²) < 4.78 is 0.0767. The number of carbonyl (C=O) groups excluding carboxylic acids is 2. The molecular formula is C12H11ClINO3. The van der Waals surface area contributed by atoms with Crippen molar-refractivity contribution in [3.63, 3.8) is 0 Å². The predicted molar refractivity (Wildman–Crippen MR) is 76.9 cm³/mol. The molecule has 0 spiro atoms. The van der Waals surface area contributed by atoms with E-state index in [1.165, 1.54) is 6.92 Å². The fourth-order valence-electron chi connectivity index (χ4n) is 2.00. The Bertz CT molecular complexity index is 518. The van der Waals surface area contributed by atoms with Crippen molar-refractivity contribution in [2.24, 2.45) is 0 Å². The van der Waals surface area contributed by atoms with E-state index in [1.807, 2.05) is 6.92 Å². The summed E-state index contributed by atoms with van der Waals surface area (Å²) in [4.78, 5) is 28.3. The Morgan fingerprint density at radius 1 is 1.56 bits per heavy atom. The molecule has 0 aliphatic carbocycles. The Balaban J connectivity index is 2.50. The molecule has 0 aromatic heterocycles. The van der Waals surface area contributed by atoms with Crippen LogP contribution in [0, 0.1) is 0 Å². The summed E-state index contributed by atoms with van der Waals surface area (Å²) in [6.45, 7) is 3.20. The minimum atomic E-state index is -0.522. The predicted octanol–water partition coefficient (Wildman–Crippen LogP) is 3.07. The summed E-state index contributed by atoms with van der Waals surface area (Å²) in [5, 5.41) is 1.63. The number of fused-ring (bicyclic) bond motifs is 1. The number of hydrogen-bond donors (Lipinski definition) is 0. The van der Waals surface area contributed by atoms with Crippen LogP contribution in [0.25, 0.3) is 0 Å². The molecule has 0 fully saturated rings. The molecule has 6 heteroatoms. The van der Waals surface area contributed by atoms with Crippen molar-refractivity contribution >= 4 is 51.8 Å². The second-order valence-corrected chi connectivity index (χ2v) is 6.48. The summed E-state index contributed by atoms with van der Waals surface area (Å²) in [6.07, 6.45) is 0. The van der Waals surface area contributed by atoms with E-state index in [2.05, 4.69) is 22.6 Å². The Labute approximate surface area is 123 Å². The number of amides is 1. The third-order valence-corrected chi connectivity index (χ3v) is 3.64. The number of hydrogen-bond acceptors (Lipinski definition) is 3. The molecule has 1 aliphatic rings. The number of carbonyl (C=O) groups is 2. The third-order valence-electron chi connectivity index (χ3n) is 2.69. The standard InChI is InChI=1S/C12H11ClINO3/c1-6(14)11-9-5-8(13)3-4-10(9)15(12(11)17)18-7(2)16/h3-6,11H,1-2H3. The van der Waals surface area contributed by atoms with Gasteiger partial charge in [0.1, 0.15) is 0 Å². The molecule has 0 saturated carbocycles. The van der Waals surface area contributed by atoms with Gasteiger partial charge in [-0.15, -0.1) is 5.06 Å². The third kappa shape index (κ3) is 2.33. The van der Waals surface area contributed by atoms with Crippen LogP contribution < -0.4 is 5.06 Å². The molecule has 4 nitrogen and oxygen atoms in total. The zero-order valence-corrected chi connectivity index (χ0v) is 12.7. The first kappa shape index (κ1) is 13.6. The lowest BCUT2D eigenvalue weighted by Gasteiger charge is -2.16. The largest absolute Gasteiger partial charge is 0.333 e. The molecule has 18 heavy (non-hydrogen) atoms. The first-order valence-electron chi connectivity index (χ1n) is 5.38. The molecule has 96 valence electrons. The van der Waals surface area contributed by atoms with Crippen molar-refractivity contribution in [2.75, 3.05) is 5.06 Å². The summed E-state index contributed by atoms with van der Waals surface area (Å²) in [6, 6.07) is 5.11. The topological polar surface area (TPSA) is 46.6 Å². The lowest BCUT2D eigenvalue weighted by Crippen LogP contribution is -2.32. The van der Waals surface area contributed by atoms with Crippen LogP contribution in [0.3, 0.4) is 0 Å². The van der Waals surface area contributed by atoms with Crippen LogP contribution >= 0.6 is 34.2 Å². The van der Waals surface area contributed by atoms with E-state index in [9.17, 15) is 9.59 Å². The zero-order valence-electron chi connectivity index (χ0n) is 9.81. The quantitative estimate of drug-likeness (QED) is 0.586. The van der Waals surface area contributed by atoms with Gasteiger partial charge in [0.25, 0.3) is 5.91 Å². The highest BCUT2D eigenvalue weighted by Crippen LogP contribution is 2.42. The normalized spacial score (nSPS) is 19.7. The molecule has 0 saturated heterocycles. The van der Waals surface area contributed by atoms with Crippen LogP contribution in [0.4, 0.5) is 5.69 Å². The Kier molecular flexibility index (Phi) is 3.82. The molecule has 0 N–H and O–H groups in total. The minimum Gasteiger partial charge on any atom is -0.333 e. The number of hydroxylamine groups is 1. The zero-order chi connectivity index (χ0) is 13.4. The van der Waals surface area contributed by atoms with Gasteiger partial charge < -0.3 is 4.84 Å². The van der Waals surface area contributed by atoms with Gasteiger partial charge in [-0.3, -0.25) is 4.79 Å². The van der Waals surface area contributed by atoms with Crippen LogP contribution in [0.15, 0.2) is 18.2 Å². The lowest BCUT2D eigenvalue weighted by molar-refractivity contribution is -0.148. The van der Waals surface area contributed by atoms with Gasteiger partial charge in [-0.2, -0.15) is 0 Å². The lowest BCUT2D eigenvalue weighted by atomic mass is 9.98. The van der Waals surface area contributed by atoms with E-state index in [0.29, 0.717) is 10.7 Å². The Morgan fingerprint density at radius 2 is 2.22 bits per heavy atom. The van der Waals surface area contributed by atoms with E-state index in [0.717, 1.165) is 10.6 Å². The molecule has 1 aromatic carbocycles. The highest BCUT2D eigenvalue weighted by Gasteiger charge is 2.41. The van der Waals surface area contributed by atoms with Crippen molar-refractivity contribution in [2.45, 2.75) is 23.7 Å². The van der Waals surface area contributed by atoms with Gasteiger partial charge in [0, 0.05) is 15.9 Å². The summed E-state index contributed by atoms with van der Waals surface area (Å²) in [5.41, 5.74) is 1.39. The van der Waals surface area contributed by atoms with Crippen molar-refractivity contribution < 1.29 is 14.4 Å². The number of benzene rings is 1. The van der Waals surface area contributed by atoms with Crippen molar-refractivity contribution in [3.05, 3.63) is 28.8 Å². The van der Waals surface area contributed by atoms with Crippen molar-refractivity contribution in [3.8, 4) is 0 Å². The summed E-state index contributed by atoms with van der Waals surface area (Å²) in [5.74, 6) is -1.09. The van der Waals surface area contributed by atoms with Crippen molar-refractivity contribution in [1.82, 2.24) is 0 Å². The smallest absolute Gasteiger partial charge is 0.330 e. The van der Waals surface area contributed by atoms with Crippen LogP contribution in [-0.4, -0.2) is 15.8 Å². The number of halogens is 2. The number of nitrogens with zero attached hydrogens (tertiary/aromatic N) is 1. The second-order valence-electron chi connectivity index (χ2n) is 4.07. The molecule has 2 unspecified atom stereocenters. The average Bonchev–Trinajstić information content (AvgIpc) is 2.50. The van der Waals surface area contributed by atoms with Gasteiger partial charge in [-0.1, -0.05) is 41.1 Å². The van der Waals surface area contributed by atoms with E-state index < -0.39 is 5.97 Å². The van der Waals surface area contributed by atoms with Crippen LogP contribution in [-0.2, 0) is 14.4 Å². The molecule has 1 amide bonds. The number of alkyl halides is 1. The molecule has 0 bridgehead atoms. The molecule has 0 radical (unpaired) electrons. The first-order chi connectivity index (χ1) is 8.41. The van der Waals surface area contributed by atoms with Gasteiger partial charge in [0.2, 0.25) is 0 Å². The highest BCUT2D eigenvalue weighted by atomic mass is 127. The SMILES string of the molecule is CC(=O)ON1C(=O)C(C(C)I)c2cc(Cl)ccc21. The van der Waals surface area contributed by atoms with Crippen molar-refractivity contribution in [1.29, 1.82) is 0 Å². The molecule has 1 aromatic rings. The van der Waals surface area contributed by atoms with Gasteiger partial charge in [0.15, 0.2) is 0 Å². The van der Waals surface area contributed by atoms with Crippen LogP contribution in [0.2, 0.25) is 5.02 Å². The summed E-state index contributed by atoms with van der Waals surface area (Å²) >= 11 is 8.14. The van der Waals surface area contributed by atoms with E-state index in [-0.39, 0.29) is 15.7 Å². The van der Waals surface area contributed by atoms with E-state index in [1.54, 1.807) is 18.2 Å².